The largest absolute Gasteiger partial charge is 0.366 e. The van der Waals surface area contributed by atoms with Gasteiger partial charge >= 0.3 is 0 Å². The summed E-state index contributed by atoms with van der Waals surface area (Å²) < 4.78 is 1.65. The first-order valence-electron chi connectivity index (χ1n) is 6.32. The zero-order valence-corrected chi connectivity index (χ0v) is 15.1. The van der Waals surface area contributed by atoms with Crippen molar-refractivity contribution in [2.45, 2.75) is 27.8 Å². The molecule has 3 N–H and O–H groups in total. The molecule has 0 unspecified atom stereocenters. The second-order valence-corrected chi connectivity index (χ2v) is 9.04. The van der Waals surface area contributed by atoms with Crippen molar-refractivity contribution in [3.05, 3.63) is 17.0 Å². The van der Waals surface area contributed by atoms with E-state index in [9.17, 15) is 9.59 Å². The molecule has 0 aliphatic carbocycles. The van der Waals surface area contributed by atoms with Crippen LogP contribution in [0.25, 0.3) is 0 Å². The highest BCUT2D eigenvalue weighted by atomic mass is 32.2. The molecule has 0 aliphatic rings. The van der Waals surface area contributed by atoms with Crippen LogP contribution >= 0.6 is 46.2 Å². The summed E-state index contributed by atoms with van der Waals surface area (Å²) in [5.41, 5.74) is 5.58. The monoisotopic (exact) mass is 374 g/mol. The van der Waals surface area contributed by atoms with Gasteiger partial charge in [-0.15, -0.1) is 21.5 Å². The van der Waals surface area contributed by atoms with E-state index >= 15 is 0 Å². The van der Waals surface area contributed by atoms with E-state index in [2.05, 4.69) is 15.5 Å². The number of hydrogen-bond acceptors (Lipinski definition) is 8. The number of nitrogens with one attached hydrogen (secondary N) is 1. The number of nitrogens with zero attached hydrogens (tertiary/aromatic N) is 2. The molecule has 2 rings (SSSR count). The number of thioether (sulfide) groups is 2. The van der Waals surface area contributed by atoms with E-state index < -0.39 is 5.91 Å². The molecule has 0 radical (unpaired) electrons. The summed E-state index contributed by atoms with van der Waals surface area (Å²) in [6, 6.07) is 1.60. The van der Waals surface area contributed by atoms with Gasteiger partial charge in [-0.05, 0) is 24.1 Å². The molecule has 10 heteroatoms. The minimum Gasteiger partial charge on any atom is -0.366 e. The fraction of sp³-hybridized carbons (Fsp3) is 0.333. The van der Waals surface area contributed by atoms with Gasteiger partial charge in [0.15, 0.2) is 8.68 Å². The average Bonchev–Trinajstić information content (AvgIpc) is 3.08. The van der Waals surface area contributed by atoms with E-state index in [1.54, 1.807) is 30.1 Å². The predicted octanol–water partition coefficient (Wildman–Crippen LogP) is 2.93. The number of carbonyl (C=O) groups excluding carboxylic acids is 2. The van der Waals surface area contributed by atoms with Crippen molar-refractivity contribution in [1.82, 2.24) is 10.2 Å². The van der Waals surface area contributed by atoms with Crippen LogP contribution in [0.5, 0.6) is 0 Å². The van der Waals surface area contributed by atoms with Gasteiger partial charge in [-0.2, -0.15) is 0 Å². The summed E-state index contributed by atoms with van der Waals surface area (Å²) in [5, 5.41) is 12.7. The molecule has 0 saturated heterocycles. The third-order valence-corrected chi connectivity index (χ3v) is 6.42. The van der Waals surface area contributed by atoms with Crippen molar-refractivity contribution in [3.63, 3.8) is 0 Å². The first-order chi connectivity index (χ1) is 10.5. The third kappa shape index (κ3) is 4.45. The molecule has 0 fully saturated rings. The maximum absolute atomic E-state index is 12.2. The van der Waals surface area contributed by atoms with Crippen molar-refractivity contribution in [2.24, 2.45) is 5.73 Å². The highest BCUT2D eigenvalue weighted by Crippen LogP contribution is 2.32. The van der Waals surface area contributed by atoms with Gasteiger partial charge in [0.25, 0.3) is 5.91 Å². The van der Waals surface area contributed by atoms with Gasteiger partial charge in [-0.1, -0.05) is 41.8 Å². The molecular weight excluding hydrogens is 360 g/mol. The van der Waals surface area contributed by atoms with Crippen LogP contribution in [0.15, 0.2) is 20.1 Å². The quantitative estimate of drug-likeness (QED) is 0.723. The normalized spacial score (nSPS) is 12.1. The highest BCUT2D eigenvalue weighted by molar-refractivity contribution is 8.03. The summed E-state index contributed by atoms with van der Waals surface area (Å²) in [5.74, 6) is 0.181. The Bertz CT molecular complexity index is 670. The third-order valence-electron chi connectivity index (χ3n) is 2.47. The number of amides is 2. The van der Waals surface area contributed by atoms with E-state index in [1.807, 2.05) is 6.92 Å². The number of carbonyl (C=O) groups is 2. The van der Waals surface area contributed by atoms with E-state index in [1.165, 1.54) is 34.4 Å². The molecule has 6 nitrogen and oxygen atoms in total. The van der Waals surface area contributed by atoms with Crippen LogP contribution in [0, 0.1) is 0 Å². The number of nitrogens with two attached hydrogens (primary N) is 1. The van der Waals surface area contributed by atoms with Crippen LogP contribution in [0.2, 0.25) is 0 Å². The van der Waals surface area contributed by atoms with Crippen molar-refractivity contribution in [1.29, 1.82) is 0 Å². The number of anilines is 1. The smallest absolute Gasteiger partial charge is 0.251 e. The zero-order chi connectivity index (χ0) is 16.1. The van der Waals surface area contributed by atoms with Crippen molar-refractivity contribution >= 4 is 63.0 Å². The Kier molecular flexibility index (Phi) is 6.24. The molecule has 2 aromatic heterocycles. The van der Waals surface area contributed by atoms with Crippen molar-refractivity contribution < 1.29 is 9.59 Å². The molecule has 118 valence electrons. The number of thiophene rings is 1. The molecule has 22 heavy (non-hydrogen) atoms. The fourth-order valence-corrected chi connectivity index (χ4v) is 5.30. The molecule has 0 spiro atoms. The van der Waals surface area contributed by atoms with Crippen LogP contribution < -0.4 is 11.1 Å². The molecule has 2 aromatic rings. The lowest BCUT2D eigenvalue weighted by Crippen LogP contribution is -2.23. The number of aromatic nitrogens is 2. The molecule has 2 amide bonds. The first kappa shape index (κ1) is 17.3. The first-order valence-corrected chi connectivity index (χ1v) is 9.88. The van der Waals surface area contributed by atoms with Gasteiger partial charge in [0.1, 0.15) is 5.00 Å². The number of rotatable bonds is 7. The van der Waals surface area contributed by atoms with E-state index in [-0.39, 0.29) is 11.2 Å². The lowest BCUT2D eigenvalue weighted by atomic mass is 10.3. The molecule has 0 aliphatic heterocycles. The van der Waals surface area contributed by atoms with Gasteiger partial charge in [0.05, 0.1) is 10.8 Å². The van der Waals surface area contributed by atoms with Crippen LogP contribution in [0.3, 0.4) is 0 Å². The standard InChI is InChI=1S/C12H14N4O2S4/c1-3-19-11-15-16-12(22-11)21-6(2)9(18)14-10-7(8(13)17)4-5-20-10/h4-6H,3H2,1-2H3,(H2,13,17)(H,14,18)/t6-/m0/s1. The molecule has 0 bridgehead atoms. The summed E-state index contributed by atoms with van der Waals surface area (Å²) in [6.07, 6.45) is 0. The Morgan fingerprint density at radius 1 is 1.41 bits per heavy atom. The van der Waals surface area contributed by atoms with Gasteiger partial charge < -0.3 is 11.1 Å². The minimum absolute atomic E-state index is 0.199. The lowest BCUT2D eigenvalue weighted by molar-refractivity contribution is -0.115. The summed E-state index contributed by atoms with van der Waals surface area (Å²) in [6.45, 7) is 3.83. The summed E-state index contributed by atoms with van der Waals surface area (Å²) >= 11 is 5.71. The maximum atomic E-state index is 12.2. The van der Waals surface area contributed by atoms with Crippen LogP contribution in [-0.4, -0.2) is 33.0 Å². The Balaban J connectivity index is 1.96. The minimum atomic E-state index is -0.554. The Hall–Kier alpha value is -1.10. The predicted molar refractivity (Wildman–Crippen MR) is 93.1 cm³/mol. The molecule has 2 heterocycles. The molecule has 0 saturated carbocycles. The van der Waals surface area contributed by atoms with Gasteiger partial charge in [0.2, 0.25) is 5.91 Å². The van der Waals surface area contributed by atoms with E-state index in [4.69, 9.17) is 5.73 Å². The highest BCUT2D eigenvalue weighted by Gasteiger charge is 2.20. The molecule has 1 atom stereocenters. The Morgan fingerprint density at radius 2 is 2.14 bits per heavy atom. The van der Waals surface area contributed by atoms with Crippen LogP contribution in [-0.2, 0) is 4.79 Å². The summed E-state index contributed by atoms with van der Waals surface area (Å²) in [4.78, 5) is 23.4. The van der Waals surface area contributed by atoms with E-state index in [0.29, 0.717) is 10.6 Å². The average molecular weight is 375 g/mol. The van der Waals surface area contributed by atoms with Crippen molar-refractivity contribution in [3.8, 4) is 0 Å². The van der Waals surface area contributed by atoms with Crippen molar-refractivity contribution in [2.75, 3.05) is 11.1 Å². The molecule has 0 aromatic carbocycles. The van der Waals surface area contributed by atoms with Gasteiger partial charge in [0, 0.05) is 0 Å². The van der Waals surface area contributed by atoms with Crippen LogP contribution in [0.1, 0.15) is 24.2 Å². The maximum Gasteiger partial charge on any atom is 0.251 e. The number of primary amides is 1. The van der Waals surface area contributed by atoms with Gasteiger partial charge in [-0.25, -0.2) is 0 Å². The molecular formula is C12H14N4O2S4. The van der Waals surface area contributed by atoms with E-state index in [0.717, 1.165) is 14.4 Å². The second-order valence-electron chi connectivity index (χ2n) is 4.04. The SMILES string of the molecule is CCSc1nnc(S[C@@H](C)C(=O)Nc2sccc2C(N)=O)s1. The van der Waals surface area contributed by atoms with Crippen LogP contribution in [0.4, 0.5) is 5.00 Å². The Labute approximate surface area is 144 Å². The fourth-order valence-electron chi connectivity index (χ4n) is 1.44. The second kappa shape index (κ2) is 7.95. The summed E-state index contributed by atoms with van der Waals surface area (Å²) in [7, 11) is 0. The Morgan fingerprint density at radius 3 is 2.82 bits per heavy atom. The lowest BCUT2D eigenvalue weighted by Gasteiger charge is -2.09. The van der Waals surface area contributed by atoms with Gasteiger partial charge in [-0.3, -0.25) is 9.59 Å². The topological polar surface area (TPSA) is 98.0 Å². The zero-order valence-electron chi connectivity index (χ0n) is 11.9. The number of hydrogen-bond donors (Lipinski definition) is 2.